The van der Waals surface area contributed by atoms with Crippen molar-refractivity contribution in [3.63, 3.8) is 0 Å². The van der Waals surface area contributed by atoms with E-state index in [1.807, 2.05) is 0 Å². The van der Waals surface area contributed by atoms with Crippen LogP contribution in [0.4, 0.5) is 5.69 Å². The molecule has 1 aromatic rings. The van der Waals surface area contributed by atoms with Gasteiger partial charge in [-0.1, -0.05) is 6.07 Å². The molecule has 0 aliphatic heterocycles. The van der Waals surface area contributed by atoms with E-state index >= 15 is 0 Å². The minimum atomic E-state index is -4.76. The fourth-order valence-corrected chi connectivity index (χ4v) is 3.18. The maximum Gasteiger partial charge on any atom is 0.297 e. The first kappa shape index (κ1) is 12.9. The van der Waals surface area contributed by atoms with Crippen molar-refractivity contribution in [2.75, 3.05) is 12.4 Å². The molecule has 0 radical (unpaired) electrons. The van der Waals surface area contributed by atoms with Gasteiger partial charge in [0.2, 0.25) is 0 Å². The van der Waals surface area contributed by atoms with Gasteiger partial charge in [0.05, 0.1) is 5.69 Å². The molecule has 3 N–H and O–H groups in total. The van der Waals surface area contributed by atoms with Gasteiger partial charge in [0, 0.05) is 7.05 Å². The van der Waals surface area contributed by atoms with E-state index in [9.17, 15) is 16.8 Å². The zero-order chi connectivity index (χ0) is 12.6. The van der Waals surface area contributed by atoms with Crippen LogP contribution < -0.4 is 5.32 Å². The molecule has 0 aliphatic rings. The van der Waals surface area contributed by atoms with Crippen molar-refractivity contribution in [3.05, 3.63) is 18.2 Å². The molecule has 0 spiro atoms. The lowest BCUT2D eigenvalue weighted by molar-refractivity contribution is 0.467. The summed E-state index contributed by atoms with van der Waals surface area (Å²) in [5.74, 6) is 0. The van der Waals surface area contributed by atoms with Gasteiger partial charge in [-0.25, -0.2) is 0 Å². The van der Waals surface area contributed by atoms with E-state index in [0.29, 0.717) is 0 Å². The first-order chi connectivity index (χ1) is 7.18. The van der Waals surface area contributed by atoms with Crippen LogP contribution in [0.15, 0.2) is 28.0 Å². The predicted molar refractivity (Wildman–Crippen MR) is 55.6 cm³/mol. The highest BCUT2D eigenvalue weighted by atomic mass is 32.2. The second-order valence-electron chi connectivity index (χ2n) is 2.83. The van der Waals surface area contributed by atoms with E-state index in [1.54, 1.807) is 0 Å². The highest BCUT2D eigenvalue weighted by Gasteiger charge is 2.26. The van der Waals surface area contributed by atoms with Crippen molar-refractivity contribution in [3.8, 4) is 0 Å². The molecule has 9 heteroatoms. The van der Waals surface area contributed by atoms with Crippen LogP contribution in [0, 0.1) is 0 Å². The lowest BCUT2D eigenvalue weighted by atomic mass is 10.3. The second-order valence-corrected chi connectivity index (χ2v) is 5.58. The molecule has 0 saturated carbocycles. The van der Waals surface area contributed by atoms with Gasteiger partial charge in [-0.15, -0.1) is 0 Å². The fourth-order valence-electron chi connectivity index (χ4n) is 1.18. The summed E-state index contributed by atoms with van der Waals surface area (Å²) >= 11 is 0. The van der Waals surface area contributed by atoms with Crippen LogP contribution in [0.25, 0.3) is 0 Å². The SMILES string of the molecule is CNc1cccc(S(=O)(=O)O)c1S(=O)(=O)O. The Morgan fingerprint density at radius 2 is 1.62 bits per heavy atom. The average molecular weight is 267 g/mol. The Kier molecular flexibility index (Phi) is 3.24. The third-order valence-corrected chi connectivity index (χ3v) is 3.77. The van der Waals surface area contributed by atoms with Gasteiger partial charge in [0.15, 0.2) is 0 Å². The molecule has 0 fully saturated rings. The molecule has 0 unspecified atom stereocenters. The number of hydrogen-bond donors (Lipinski definition) is 3. The van der Waals surface area contributed by atoms with Gasteiger partial charge in [-0.2, -0.15) is 16.8 Å². The van der Waals surface area contributed by atoms with Crippen molar-refractivity contribution >= 4 is 25.9 Å². The fraction of sp³-hybridized carbons (Fsp3) is 0.143. The summed E-state index contributed by atoms with van der Waals surface area (Å²) in [5.41, 5.74) is -0.127. The molecule has 0 aliphatic carbocycles. The second kappa shape index (κ2) is 4.01. The molecule has 0 amide bonds. The lowest BCUT2D eigenvalue weighted by Crippen LogP contribution is -2.11. The zero-order valence-electron chi connectivity index (χ0n) is 8.08. The molecule has 1 rings (SSSR count). The highest BCUT2D eigenvalue weighted by molar-refractivity contribution is 7.89. The number of hydrogen-bond acceptors (Lipinski definition) is 5. The topological polar surface area (TPSA) is 121 Å². The number of anilines is 1. The van der Waals surface area contributed by atoms with E-state index in [-0.39, 0.29) is 5.69 Å². The van der Waals surface area contributed by atoms with Crippen molar-refractivity contribution in [2.24, 2.45) is 0 Å². The Balaban J connectivity index is 3.79. The molecule has 90 valence electrons. The summed E-state index contributed by atoms with van der Waals surface area (Å²) in [6.45, 7) is 0. The first-order valence-electron chi connectivity index (χ1n) is 3.93. The van der Waals surface area contributed by atoms with Gasteiger partial charge in [-0.3, -0.25) is 9.11 Å². The molecule has 0 saturated heterocycles. The molecule has 7 nitrogen and oxygen atoms in total. The summed E-state index contributed by atoms with van der Waals surface area (Å²) < 4.78 is 61.6. The molecule has 0 atom stereocenters. The minimum absolute atomic E-state index is 0.127. The monoisotopic (exact) mass is 267 g/mol. The summed E-state index contributed by atoms with van der Waals surface area (Å²) in [6, 6.07) is 3.35. The van der Waals surface area contributed by atoms with E-state index < -0.39 is 30.0 Å². The Hall–Kier alpha value is -1.16. The smallest absolute Gasteiger partial charge is 0.297 e. The standard InChI is InChI=1S/C7H9NO6S2/c1-8-5-3-2-4-6(15(9,10)11)7(5)16(12,13)14/h2-4,8H,1H3,(H,9,10,11)(H,12,13,14). The van der Waals surface area contributed by atoms with Crippen LogP contribution in [-0.4, -0.2) is 33.0 Å². The summed E-state index contributed by atoms with van der Waals surface area (Å²) in [5, 5.41) is 2.40. The largest absolute Gasteiger partial charge is 0.387 e. The number of nitrogens with one attached hydrogen (secondary N) is 1. The number of rotatable bonds is 3. The van der Waals surface area contributed by atoms with Crippen LogP contribution in [-0.2, 0) is 20.2 Å². The predicted octanol–water partition coefficient (Wildman–Crippen LogP) is 0.222. The van der Waals surface area contributed by atoms with Crippen LogP contribution in [0.1, 0.15) is 0 Å². The van der Waals surface area contributed by atoms with Crippen molar-refractivity contribution in [2.45, 2.75) is 9.79 Å². The van der Waals surface area contributed by atoms with E-state index in [4.69, 9.17) is 9.11 Å². The van der Waals surface area contributed by atoms with Crippen molar-refractivity contribution < 1.29 is 25.9 Å². The van der Waals surface area contributed by atoms with Crippen molar-refractivity contribution in [1.29, 1.82) is 0 Å². The van der Waals surface area contributed by atoms with Gasteiger partial charge in [0.25, 0.3) is 20.2 Å². The molecular weight excluding hydrogens is 258 g/mol. The molecule has 0 aromatic heterocycles. The Morgan fingerprint density at radius 3 is 2.00 bits per heavy atom. The van der Waals surface area contributed by atoms with Crippen LogP contribution in [0.2, 0.25) is 0 Å². The Labute approximate surface area is 92.6 Å². The van der Waals surface area contributed by atoms with Crippen LogP contribution in [0.3, 0.4) is 0 Å². The summed E-state index contributed by atoms with van der Waals surface area (Å²) in [4.78, 5) is -1.75. The van der Waals surface area contributed by atoms with Gasteiger partial charge in [-0.05, 0) is 12.1 Å². The van der Waals surface area contributed by atoms with Gasteiger partial charge >= 0.3 is 0 Å². The Bertz CT molecular complexity index is 604. The maximum atomic E-state index is 11.0. The lowest BCUT2D eigenvalue weighted by Gasteiger charge is -2.09. The maximum absolute atomic E-state index is 11.0. The number of benzene rings is 1. The third-order valence-electron chi connectivity index (χ3n) is 1.78. The summed E-state index contributed by atoms with van der Waals surface area (Å²) in [6.07, 6.45) is 0. The quantitative estimate of drug-likeness (QED) is 0.670. The average Bonchev–Trinajstić information content (AvgIpc) is 2.13. The van der Waals surface area contributed by atoms with Crippen LogP contribution in [0.5, 0.6) is 0 Å². The molecule has 0 bridgehead atoms. The normalized spacial score (nSPS) is 12.4. The van der Waals surface area contributed by atoms with E-state index in [2.05, 4.69) is 5.32 Å². The van der Waals surface area contributed by atoms with Crippen molar-refractivity contribution in [1.82, 2.24) is 0 Å². The van der Waals surface area contributed by atoms with E-state index in [1.165, 1.54) is 19.2 Å². The molecule has 1 aromatic carbocycles. The van der Waals surface area contributed by atoms with Gasteiger partial charge in [0.1, 0.15) is 9.79 Å². The van der Waals surface area contributed by atoms with Gasteiger partial charge < -0.3 is 5.32 Å². The zero-order valence-corrected chi connectivity index (χ0v) is 9.71. The van der Waals surface area contributed by atoms with Crippen LogP contribution >= 0.6 is 0 Å². The molecular formula is C7H9NO6S2. The molecule has 16 heavy (non-hydrogen) atoms. The highest BCUT2D eigenvalue weighted by Crippen LogP contribution is 2.28. The molecule has 0 heterocycles. The third kappa shape index (κ3) is 2.50. The first-order valence-corrected chi connectivity index (χ1v) is 6.81. The Morgan fingerprint density at radius 1 is 1.06 bits per heavy atom. The minimum Gasteiger partial charge on any atom is -0.387 e. The summed E-state index contributed by atoms with van der Waals surface area (Å²) in [7, 11) is -8.14. The van der Waals surface area contributed by atoms with E-state index in [0.717, 1.165) is 6.07 Å².